The van der Waals surface area contributed by atoms with Gasteiger partial charge in [0.25, 0.3) is 0 Å². The van der Waals surface area contributed by atoms with E-state index in [0.29, 0.717) is 17.0 Å². The number of hydrogen-bond acceptors (Lipinski definition) is 7. The van der Waals surface area contributed by atoms with Crippen LogP contribution in [-0.2, 0) is 0 Å². The summed E-state index contributed by atoms with van der Waals surface area (Å²) in [5.41, 5.74) is 8.81. The van der Waals surface area contributed by atoms with Gasteiger partial charge in [-0.15, -0.1) is 0 Å². The Bertz CT molecular complexity index is 1210. The molecule has 0 spiro atoms. The first-order valence-corrected chi connectivity index (χ1v) is 10.3. The second-order valence-corrected chi connectivity index (χ2v) is 7.51. The van der Waals surface area contributed by atoms with Crippen LogP contribution in [0.2, 0.25) is 0 Å². The molecule has 31 heavy (non-hydrogen) atoms. The van der Waals surface area contributed by atoms with Gasteiger partial charge in [-0.3, -0.25) is 4.79 Å². The lowest BCUT2D eigenvalue weighted by atomic mass is 10.1. The number of pyridine rings is 1. The van der Waals surface area contributed by atoms with Gasteiger partial charge in [-0.2, -0.15) is 5.10 Å². The van der Waals surface area contributed by atoms with Crippen LogP contribution in [0.25, 0.3) is 16.9 Å². The lowest BCUT2D eigenvalue weighted by molar-refractivity contribution is 0.100. The molecule has 3 aromatic heterocycles. The predicted octanol–water partition coefficient (Wildman–Crippen LogP) is 3.02. The first kappa shape index (κ1) is 19.0. The molecule has 3 N–H and O–H groups in total. The predicted molar refractivity (Wildman–Crippen MR) is 118 cm³/mol. The van der Waals surface area contributed by atoms with E-state index in [-0.39, 0.29) is 0 Å². The molecule has 1 aliphatic rings. The fraction of sp³-hybridized carbons (Fsp3) is 0.227. The van der Waals surface area contributed by atoms with E-state index in [1.807, 2.05) is 30.5 Å². The maximum absolute atomic E-state index is 11.3. The molecule has 9 heteroatoms. The van der Waals surface area contributed by atoms with Gasteiger partial charge in [-0.05, 0) is 43.5 Å². The molecule has 0 saturated carbocycles. The average Bonchev–Trinajstić information content (AvgIpc) is 3.31. The maximum atomic E-state index is 11.3. The van der Waals surface area contributed by atoms with Crippen LogP contribution >= 0.6 is 0 Å². The van der Waals surface area contributed by atoms with Crippen LogP contribution in [-0.4, -0.2) is 43.6 Å². The smallest absolute Gasteiger partial charge is 0.248 e. The number of hydrogen-bond donors (Lipinski definition) is 2. The zero-order valence-corrected chi connectivity index (χ0v) is 16.9. The highest BCUT2D eigenvalue weighted by atomic mass is 16.1. The van der Waals surface area contributed by atoms with Crippen LogP contribution in [0.4, 0.5) is 17.3 Å². The summed E-state index contributed by atoms with van der Waals surface area (Å²) in [6, 6.07) is 11.0. The minimum atomic E-state index is -0.463. The molecule has 9 nitrogen and oxygen atoms in total. The van der Waals surface area contributed by atoms with E-state index in [1.54, 1.807) is 22.8 Å². The van der Waals surface area contributed by atoms with E-state index in [0.717, 1.165) is 35.9 Å². The van der Waals surface area contributed by atoms with Crippen LogP contribution in [0.15, 0.2) is 55.1 Å². The summed E-state index contributed by atoms with van der Waals surface area (Å²) in [6.07, 6.45) is 8.75. The van der Waals surface area contributed by atoms with Crippen molar-refractivity contribution >= 4 is 28.9 Å². The number of aromatic nitrogens is 5. The summed E-state index contributed by atoms with van der Waals surface area (Å²) in [5, 5.41) is 7.63. The zero-order valence-electron chi connectivity index (χ0n) is 16.9. The van der Waals surface area contributed by atoms with Gasteiger partial charge in [0.05, 0.1) is 23.8 Å². The Labute approximate surface area is 179 Å². The minimum Gasteiger partial charge on any atom is -0.366 e. The Morgan fingerprint density at radius 2 is 1.74 bits per heavy atom. The second kappa shape index (κ2) is 8.02. The molecule has 1 aromatic carbocycles. The third-order valence-electron chi connectivity index (χ3n) is 5.46. The van der Waals surface area contributed by atoms with Gasteiger partial charge < -0.3 is 16.0 Å². The highest BCUT2D eigenvalue weighted by Crippen LogP contribution is 2.25. The summed E-state index contributed by atoms with van der Waals surface area (Å²) in [5.74, 6) is 1.12. The number of carbonyl (C=O) groups is 1. The minimum absolute atomic E-state index is 0.449. The average molecular weight is 414 g/mol. The molecule has 4 heterocycles. The summed E-state index contributed by atoms with van der Waals surface area (Å²) in [7, 11) is 0. The molecule has 0 aliphatic carbocycles. The normalized spacial score (nSPS) is 14.0. The van der Waals surface area contributed by atoms with E-state index < -0.39 is 5.91 Å². The molecule has 5 rings (SSSR count). The van der Waals surface area contributed by atoms with Crippen LogP contribution in [0.5, 0.6) is 0 Å². The Hall–Kier alpha value is -4.01. The van der Waals surface area contributed by atoms with Crippen molar-refractivity contribution in [2.45, 2.75) is 19.3 Å². The molecule has 0 atom stereocenters. The number of nitrogens with two attached hydrogens (primary N) is 1. The van der Waals surface area contributed by atoms with E-state index in [1.165, 1.54) is 25.6 Å². The van der Waals surface area contributed by atoms with Gasteiger partial charge in [0.2, 0.25) is 5.91 Å². The van der Waals surface area contributed by atoms with Crippen molar-refractivity contribution in [1.29, 1.82) is 0 Å². The Balaban J connectivity index is 1.40. The molecule has 0 unspecified atom stereocenters. The van der Waals surface area contributed by atoms with E-state index in [2.05, 4.69) is 30.3 Å². The van der Waals surface area contributed by atoms with Crippen LogP contribution in [0.1, 0.15) is 29.6 Å². The summed E-state index contributed by atoms with van der Waals surface area (Å²) in [6.45, 7) is 2.12. The van der Waals surface area contributed by atoms with Crippen molar-refractivity contribution in [3.05, 3.63) is 60.7 Å². The zero-order chi connectivity index (χ0) is 21.2. The third kappa shape index (κ3) is 3.77. The SMILES string of the molecule is NC(=O)c1ccc(-c2cnc(Nc3ccc(N4CCCCC4)nc3)c3ncnn23)cc1. The van der Waals surface area contributed by atoms with E-state index in [4.69, 9.17) is 5.73 Å². The number of piperidine rings is 1. The number of nitrogens with one attached hydrogen (secondary N) is 1. The quantitative estimate of drug-likeness (QED) is 0.516. The molecule has 0 bridgehead atoms. The largest absolute Gasteiger partial charge is 0.366 e. The van der Waals surface area contributed by atoms with Crippen molar-refractivity contribution in [3.63, 3.8) is 0 Å². The lowest BCUT2D eigenvalue weighted by Gasteiger charge is -2.27. The standard InChI is InChI=1S/C22H22N8O/c23-20(31)16-6-4-15(5-7-16)18-13-25-21(22-26-14-27-30(18)22)28-17-8-9-19(24-12-17)29-10-2-1-3-11-29/h4-9,12-14H,1-3,10-11H2,(H2,23,31)(H,25,28). The Morgan fingerprint density at radius 1 is 0.935 bits per heavy atom. The summed E-state index contributed by atoms with van der Waals surface area (Å²) >= 11 is 0. The number of rotatable bonds is 5. The molecular formula is C22H22N8O. The van der Waals surface area contributed by atoms with E-state index >= 15 is 0 Å². The molecule has 156 valence electrons. The first-order valence-electron chi connectivity index (χ1n) is 10.3. The Morgan fingerprint density at radius 3 is 2.45 bits per heavy atom. The number of anilines is 3. The topological polar surface area (TPSA) is 114 Å². The molecule has 1 fully saturated rings. The Kier molecular flexibility index (Phi) is 4.91. The molecule has 1 amide bonds. The lowest BCUT2D eigenvalue weighted by Crippen LogP contribution is -2.29. The molecule has 4 aromatic rings. The highest BCUT2D eigenvalue weighted by Gasteiger charge is 2.14. The monoisotopic (exact) mass is 414 g/mol. The number of carbonyl (C=O) groups excluding carboxylic acids is 1. The van der Waals surface area contributed by atoms with Crippen LogP contribution in [0.3, 0.4) is 0 Å². The van der Waals surface area contributed by atoms with Gasteiger partial charge >= 0.3 is 0 Å². The first-order chi connectivity index (χ1) is 15.2. The van der Waals surface area contributed by atoms with Crippen molar-refractivity contribution in [2.24, 2.45) is 5.73 Å². The molecule has 0 radical (unpaired) electrons. The number of nitrogens with zero attached hydrogens (tertiary/aromatic N) is 6. The number of primary amides is 1. The van der Waals surface area contributed by atoms with Gasteiger partial charge in [-0.1, -0.05) is 12.1 Å². The van der Waals surface area contributed by atoms with E-state index in [9.17, 15) is 4.79 Å². The van der Waals surface area contributed by atoms with Gasteiger partial charge in [0.15, 0.2) is 11.5 Å². The van der Waals surface area contributed by atoms with Crippen LogP contribution in [0, 0.1) is 0 Å². The molecular weight excluding hydrogens is 392 g/mol. The fourth-order valence-corrected chi connectivity index (χ4v) is 3.81. The summed E-state index contributed by atoms with van der Waals surface area (Å²) in [4.78, 5) is 27.2. The third-order valence-corrected chi connectivity index (χ3v) is 5.46. The van der Waals surface area contributed by atoms with Gasteiger partial charge in [0, 0.05) is 24.2 Å². The number of amides is 1. The maximum Gasteiger partial charge on any atom is 0.248 e. The van der Waals surface area contributed by atoms with Crippen LogP contribution < -0.4 is 16.0 Å². The molecule has 1 aliphatic heterocycles. The molecule has 1 saturated heterocycles. The van der Waals surface area contributed by atoms with Crippen molar-refractivity contribution in [1.82, 2.24) is 24.6 Å². The van der Waals surface area contributed by atoms with Gasteiger partial charge in [0.1, 0.15) is 12.1 Å². The summed E-state index contributed by atoms with van der Waals surface area (Å²) < 4.78 is 1.71. The van der Waals surface area contributed by atoms with Crippen molar-refractivity contribution < 1.29 is 4.79 Å². The van der Waals surface area contributed by atoms with Gasteiger partial charge in [-0.25, -0.2) is 19.5 Å². The van der Waals surface area contributed by atoms with Crippen molar-refractivity contribution in [2.75, 3.05) is 23.3 Å². The highest BCUT2D eigenvalue weighted by molar-refractivity contribution is 5.93. The number of fused-ring (bicyclic) bond motifs is 1. The second-order valence-electron chi connectivity index (χ2n) is 7.51. The van der Waals surface area contributed by atoms with Crippen molar-refractivity contribution in [3.8, 4) is 11.3 Å². The fourth-order valence-electron chi connectivity index (χ4n) is 3.81. The number of benzene rings is 1.